The highest BCUT2D eigenvalue weighted by Gasteiger charge is 2.23. The summed E-state index contributed by atoms with van der Waals surface area (Å²) in [5.74, 6) is -2.85. The normalized spacial score (nSPS) is 17.1. The Kier molecular flexibility index (Phi) is 9.44. The van der Waals surface area contributed by atoms with E-state index in [9.17, 15) is 23.2 Å². The fourth-order valence-corrected chi connectivity index (χ4v) is 4.41. The zero-order valence-corrected chi connectivity index (χ0v) is 21.5. The number of amides is 2. The van der Waals surface area contributed by atoms with E-state index in [4.69, 9.17) is 26.2 Å². The lowest BCUT2D eigenvalue weighted by Gasteiger charge is -2.29. The number of halogens is 3. The third-order valence-electron chi connectivity index (χ3n) is 6.34. The summed E-state index contributed by atoms with van der Waals surface area (Å²) in [7, 11) is 0. The number of aliphatic hydroxyl groups excluding tert-OH is 1. The van der Waals surface area contributed by atoms with Gasteiger partial charge in [0.05, 0.1) is 23.3 Å². The molecule has 2 heterocycles. The quantitative estimate of drug-likeness (QED) is 0.296. The Balaban J connectivity index is 1.36. The fraction of sp³-hybridized carbons (Fsp3) is 0.385. The molecule has 1 fully saturated rings. The van der Waals surface area contributed by atoms with Crippen LogP contribution in [-0.4, -0.2) is 59.4 Å². The Hall–Kier alpha value is -3.61. The molecule has 2 atom stereocenters. The van der Waals surface area contributed by atoms with Gasteiger partial charge in [-0.1, -0.05) is 17.7 Å². The van der Waals surface area contributed by atoms with Crippen LogP contribution in [0.3, 0.4) is 0 Å². The van der Waals surface area contributed by atoms with Crippen molar-refractivity contribution < 1.29 is 33.0 Å². The molecular formula is C26H27ClF2N4O6. The number of nitrogens with zero attached hydrogens (tertiary/aromatic N) is 1. The third-order valence-corrected chi connectivity index (χ3v) is 6.63. The number of aromatic amines is 1. The molecule has 4 N–H and O–H groups in total. The van der Waals surface area contributed by atoms with E-state index in [0.717, 1.165) is 12.5 Å². The highest BCUT2D eigenvalue weighted by Crippen LogP contribution is 2.27. The molecule has 2 amide bonds. The van der Waals surface area contributed by atoms with Crippen LogP contribution in [-0.2, 0) is 16.1 Å². The van der Waals surface area contributed by atoms with Gasteiger partial charge in [-0.2, -0.15) is 0 Å². The summed E-state index contributed by atoms with van der Waals surface area (Å²) >= 11 is 5.76. The number of ether oxygens (including phenoxy) is 2. The van der Waals surface area contributed by atoms with Gasteiger partial charge in [0.25, 0.3) is 11.5 Å². The molecule has 2 unspecified atom stereocenters. The van der Waals surface area contributed by atoms with Crippen LogP contribution in [0.4, 0.5) is 8.78 Å². The minimum absolute atomic E-state index is 0.0152. The Morgan fingerprint density at radius 1 is 1.18 bits per heavy atom. The largest absolute Gasteiger partial charge is 0.490 e. The van der Waals surface area contributed by atoms with Crippen LogP contribution < -0.4 is 20.9 Å². The van der Waals surface area contributed by atoms with Crippen molar-refractivity contribution in [1.82, 2.24) is 20.6 Å². The molecule has 13 heteroatoms. The van der Waals surface area contributed by atoms with Crippen LogP contribution in [0.1, 0.15) is 35.4 Å². The fourth-order valence-electron chi connectivity index (χ4n) is 4.20. The zero-order valence-electron chi connectivity index (χ0n) is 20.8. The van der Waals surface area contributed by atoms with Gasteiger partial charge in [-0.3, -0.25) is 14.4 Å². The topological polar surface area (TPSA) is 143 Å². The van der Waals surface area contributed by atoms with Crippen LogP contribution in [0.15, 0.2) is 35.1 Å². The number of carbonyl (C=O) groups is 2. The van der Waals surface area contributed by atoms with Gasteiger partial charge in [-0.15, -0.1) is 0 Å². The maximum absolute atomic E-state index is 14.6. The summed E-state index contributed by atoms with van der Waals surface area (Å²) in [5.41, 5.74) is -0.111. The predicted octanol–water partition coefficient (Wildman–Crippen LogP) is 2.46. The average molecular weight is 565 g/mol. The van der Waals surface area contributed by atoms with Crippen molar-refractivity contribution in [2.75, 3.05) is 26.4 Å². The zero-order chi connectivity index (χ0) is 27.9. The lowest BCUT2D eigenvalue weighted by atomic mass is 9.95. The standard InChI is InChI=1S/C26H27ClF2N4O6/c27-17-9-15(2-4-18(17)28)10-31-26(37)24-32-20-6-5-19(29)23(22(20)25(36)33-24)38-8-7-14-1-3-16(39-13-14)11-30-21(35)12-34/h2,4-6,9,14,16,34H,1,3,7-8,10-13H2,(H,30,35)(H,31,37)(H,32,33,36). The second-order valence-corrected chi connectivity index (χ2v) is 9.52. The summed E-state index contributed by atoms with van der Waals surface area (Å²) in [5, 5.41) is 13.7. The minimum atomic E-state index is -0.738. The molecule has 1 saturated heterocycles. The first kappa shape index (κ1) is 28.4. The number of nitrogens with one attached hydrogen (secondary N) is 3. The van der Waals surface area contributed by atoms with Crippen molar-refractivity contribution >= 4 is 34.3 Å². The molecule has 0 spiro atoms. The number of hydrogen-bond donors (Lipinski definition) is 4. The molecule has 0 bridgehead atoms. The SMILES string of the molecule is O=C(CO)NCC1CCC(CCOc2c(F)ccc3nc(C(=O)NCc4ccc(F)c(Cl)c4)[nH]c(=O)c23)CO1. The molecule has 0 aliphatic carbocycles. The van der Waals surface area contributed by atoms with E-state index in [2.05, 4.69) is 20.6 Å². The van der Waals surface area contributed by atoms with Crippen LogP contribution >= 0.6 is 11.6 Å². The maximum atomic E-state index is 14.6. The van der Waals surface area contributed by atoms with Crippen molar-refractivity contribution in [3.8, 4) is 5.75 Å². The van der Waals surface area contributed by atoms with Crippen molar-refractivity contribution in [2.24, 2.45) is 5.92 Å². The number of benzene rings is 2. The molecule has 0 radical (unpaired) electrons. The first-order valence-electron chi connectivity index (χ1n) is 12.3. The summed E-state index contributed by atoms with van der Waals surface area (Å²) < 4.78 is 39.4. The molecule has 39 heavy (non-hydrogen) atoms. The molecule has 10 nitrogen and oxygen atoms in total. The van der Waals surface area contributed by atoms with Crippen molar-refractivity contribution in [3.05, 3.63) is 68.7 Å². The Morgan fingerprint density at radius 2 is 1.97 bits per heavy atom. The molecule has 1 aliphatic rings. The highest BCUT2D eigenvalue weighted by atomic mass is 35.5. The number of H-pyrrole nitrogens is 1. The van der Waals surface area contributed by atoms with Crippen LogP contribution in [0.2, 0.25) is 5.02 Å². The number of aromatic nitrogens is 2. The summed E-state index contributed by atoms with van der Waals surface area (Å²) in [6.07, 6.45) is 1.93. The van der Waals surface area contributed by atoms with E-state index in [1.165, 1.54) is 24.3 Å². The van der Waals surface area contributed by atoms with Gasteiger partial charge < -0.3 is 30.2 Å². The Bertz CT molecular complexity index is 1410. The molecule has 1 aromatic heterocycles. The molecule has 3 aromatic rings. The van der Waals surface area contributed by atoms with Gasteiger partial charge in [0.15, 0.2) is 17.4 Å². The number of rotatable bonds is 10. The summed E-state index contributed by atoms with van der Waals surface area (Å²) in [6.45, 7) is 0.322. The monoisotopic (exact) mass is 564 g/mol. The Labute approximate surface area is 226 Å². The highest BCUT2D eigenvalue weighted by molar-refractivity contribution is 6.30. The summed E-state index contributed by atoms with van der Waals surface area (Å²) in [6, 6.07) is 6.41. The number of fused-ring (bicyclic) bond motifs is 1. The van der Waals surface area contributed by atoms with Crippen LogP contribution in [0.25, 0.3) is 10.9 Å². The second-order valence-electron chi connectivity index (χ2n) is 9.11. The smallest absolute Gasteiger partial charge is 0.287 e. The lowest BCUT2D eigenvalue weighted by molar-refractivity contribution is -0.124. The molecule has 0 saturated carbocycles. The van der Waals surface area contributed by atoms with Gasteiger partial charge in [0, 0.05) is 19.7 Å². The van der Waals surface area contributed by atoms with E-state index in [-0.39, 0.29) is 52.7 Å². The maximum Gasteiger partial charge on any atom is 0.287 e. The molecule has 208 valence electrons. The first-order chi connectivity index (χ1) is 18.7. The van der Waals surface area contributed by atoms with Crippen molar-refractivity contribution in [1.29, 1.82) is 0 Å². The van der Waals surface area contributed by atoms with Crippen LogP contribution in [0.5, 0.6) is 5.75 Å². The number of hydrogen-bond acceptors (Lipinski definition) is 7. The Morgan fingerprint density at radius 3 is 2.69 bits per heavy atom. The summed E-state index contributed by atoms with van der Waals surface area (Å²) in [4.78, 5) is 43.1. The van der Waals surface area contributed by atoms with E-state index in [0.29, 0.717) is 31.6 Å². The number of aliphatic hydroxyl groups is 1. The van der Waals surface area contributed by atoms with Gasteiger partial charge in [0.2, 0.25) is 5.91 Å². The van der Waals surface area contributed by atoms with Gasteiger partial charge >= 0.3 is 0 Å². The first-order valence-corrected chi connectivity index (χ1v) is 12.7. The van der Waals surface area contributed by atoms with Gasteiger partial charge in [-0.25, -0.2) is 13.8 Å². The predicted molar refractivity (Wildman–Crippen MR) is 138 cm³/mol. The molecule has 1 aliphatic heterocycles. The lowest BCUT2D eigenvalue weighted by Crippen LogP contribution is -2.38. The van der Waals surface area contributed by atoms with E-state index in [1.807, 2.05) is 0 Å². The van der Waals surface area contributed by atoms with E-state index >= 15 is 0 Å². The number of carbonyl (C=O) groups excluding carboxylic acids is 2. The third kappa shape index (κ3) is 7.28. The van der Waals surface area contributed by atoms with E-state index in [1.54, 1.807) is 0 Å². The molecular weight excluding hydrogens is 538 g/mol. The van der Waals surface area contributed by atoms with E-state index < -0.39 is 35.6 Å². The van der Waals surface area contributed by atoms with Crippen molar-refractivity contribution in [2.45, 2.75) is 31.9 Å². The second kappa shape index (κ2) is 13.0. The minimum Gasteiger partial charge on any atom is -0.490 e. The molecule has 2 aromatic carbocycles. The molecule has 4 rings (SSSR count). The van der Waals surface area contributed by atoms with Crippen LogP contribution in [0, 0.1) is 17.6 Å². The van der Waals surface area contributed by atoms with Gasteiger partial charge in [0.1, 0.15) is 17.8 Å². The van der Waals surface area contributed by atoms with Crippen molar-refractivity contribution in [3.63, 3.8) is 0 Å². The average Bonchev–Trinajstić information content (AvgIpc) is 2.93. The van der Waals surface area contributed by atoms with Gasteiger partial charge in [-0.05, 0) is 55.0 Å².